The first kappa shape index (κ1) is 21.8. The minimum Gasteiger partial charge on any atom is -0.475 e. The molecule has 0 saturated carbocycles. The number of rotatable bonds is 7. The number of aryl methyl sites for hydroxylation is 1. The molecule has 0 atom stereocenters. The molecule has 158 valence electrons. The van der Waals surface area contributed by atoms with Crippen LogP contribution in [-0.4, -0.2) is 42.5 Å². The Labute approximate surface area is 178 Å². The third kappa shape index (κ3) is 5.17. The average molecular weight is 450 g/mol. The number of carbonyl (C=O) groups excluding carboxylic acids is 1. The van der Waals surface area contributed by atoms with Crippen molar-refractivity contribution in [2.75, 3.05) is 18.6 Å². The maximum atomic E-state index is 12.8. The summed E-state index contributed by atoms with van der Waals surface area (Å²) in [6.45, 7) is 0.149. The summed E-state index contributed by atoms with van der Waals surface area (Å²) in [4.78, 5) is 29.5. The van der Waals surface area contributed by atoms with Crippen LogP contribution in [0.5, 0.6) is 5.88 Å². The molecule has 0 aliphatic heterocycles. The van der Waals surface area contributed by atoms with E-state index in [1.54, 1.807) is 30.3 Å². The Morgan fingerprint density at radius 3 is 2.60 bits per heavy atom. The highest BCUT2D eigenvalue weighted by Crippen LogP contribution is 2.22. The van der Waals surface area contributed by atoms with E-state index in [-0.39, 0.29) is 30.3 Å². The van der Waals surface area contributed by atoms with Crippen molar-refractivity contribution in [1.82, 2.24) is 14.9 Å². The molecule has 0 radical (unpaired) electrons. The molecule has 3 rings (SSSR count). The standard InChI is InChI=1S/C20H20ClN3O5S/c1-24-17-14(7-8-22-19(17)29-9-10-30(2,27)28)11-16(20(24)26)18(25)23-12-13-3-5-15(21)6-4-13/h3-8,11H,9-10,12H2,1-2H3,(H,23,25). The first-order chi connectivity index (χ1) is 14.2. The van der Waals surface area contributed by atoms with Crippen LogP contribution < -0.4 is 15.6 Å². The molecule has 3 aromatic rings. The number of ether oxygens (including phenoxy) is 1. The van der Waals surface area contributed by atoms with Gasteiger partial charge in [-0.1, -0.05) is 23.7 Å². The van der Waals surface area contributed by atoms with Gasteiger partial charge < -0.3 is 14.6 Å². The van der Waals surface area contributed by atoms with Crippen molar-refractivity contribution in [3.8, 4) is 5.88 Å². The number of hydrogen-bond acceptors (Lipinski definition) is 6. The first-order valence-electron chi connectivity index (χ1n) is 8.97. The molecule has 1 aromatic carbocycles. The maximum absolute atomic E-state index is 12.8. The largest absolute Gasteiger partial charge is 0.475 e. The van der Waals surface area contributed by atoms with Gasteiger partial charge in [0.25, 0.3) is 11.5 Å². The van der Waals surface area contributed by atoms with Crippen LogP contribution in [0.2, 0.25) is 5.02 Å². The lowest BCUT2D eigenvalue weighted by molar-refractivity contribution is 0.0949. The predicted molar refractivity (Wildman–Crippen MR) is 115 cm³/mol. The molecular weight excluding hydrogens is 430 g/mol. The van der Waals surface area contributed by atoms with Gasteiger partial charge >= 0.3 is 0 Å². The van der Waals surface area contributed by atoms with Gasteiger partial charge in [0.1, 0.15) is 17.7 Å². The van der Waals surface area contributed by atoms with Gasteiger partial charge in [-0.2, -0.15) is 0 Å². The monoisotopic (exact) mass is 449 g/mol. The Morgan fingerprint density at radius 2 is 1.93 bits per heavy atom. The van der Waals surface area contributed by atoms with Crippen LogP contribution >= 0.6 is 11.6 Å². The van der Waals surface area contributed by atoms with Gasteiger partial charge in [-0.15, -0.1) is 0 Å². The number of nitrogens with zero attached hydrogens (tertiary/aromatic N) is 2. The lowest BCUT2D eigenvalue weighted by atomic mass is 10.1. The molecule has 0 fully saturated rings. The second-order valence-corrected chi connectivity index (χ2v) is 9.46. The van der Waals surface area contributed by atoms with Crippen molar-refractivity contribution in [2.45, 2.75) is 6.54 Å². The SMILES string of the molecule is Cn1c(=O)c(C(=O)NCc2ccc(Cl)cc2)cc2ccnc(OCCS(C)(=O)=O)c21. The van der Waals surface area contributed by atoms with Crippen molar-refractivity contribution < 1.29 is 17.9 Å². The van der Waals surface area contributed by atoms with Crippen LogP contribution in [0.1, 0.15) is 15.9 Å². The predicted octanol–water partition coefficient (Wildman–Crippen LogP) is 1.94. The fraction of sp³-hybridized carbons (Fsp3) is 0.250. The third-order valence-corrected chi connectivity index (χ3v) is 5.56. The number of carbonyl (C=O) groups is 1. The molecule has 0 spiro atoms. The summed E-state index contributed by atoms with van der Waals surface area (Å²) in [5, 5.41) is 3.89. The highest BCUT2D eigenvalue weighted by Gasteiger charge is 2.17. The van der Waals surface area contributed by atoms with Crippen molar-refractivity contribution in [3.63, 3.8) is 0 Å². The summed E-state index contributed by atoms with van der Waals surface area (Å²) < 4.78 is 29.4. The summed E-state index contributed by atoms with van der Waals surface area (Å²) >= 11 is 5.85. The van der Waals surface area contributed by atoms with Gasteiger partial charge in [-0.25, -0.2) is 13.4 Å². The van der Waals surface area contributed by atoms with E-state index in [1.807, 2.05) is 0 Å². The number of benzene rings is 1. The summed E-state index contributed by atoms with van der Waals surface area (Å²) in [7, 11) is -1.69. The molecule has 0 saturated heterocycles. The summed E-state index contributed by atoms with van der Waals surface area (Å²) in [6.07, 6.45) is 2.58. The zero-order valence-electron chi connectivity index (χ0n) is 16.4. The number of sulfone groups is 1. The molecule has 1 N–H and O–H groups in total. The van der Waals surface area contributed by atoms with E-state index in [4.69, 9.17) is 16.3 Å². The van der Waals surface area contributed by atoms with E-state index in [1.165, 1.54) is 23.9 Å². The van der Waals surface area contributed by atoms with Crippen LogP contribution in [0.15, 0.2) is 47.4 Å². The second kappa shape index (κ2) is 8.85. The number of hydrogen-bond donors (Lipinski definition) is 1. The minimum atomic E-state index is -3.20. The van der Waals surface area contributed by atoms with Crippen LogP contribution in [0.4, 0.5) is 0 Å². The summed E-state index contributed by atoms with van der Waals surface area (Å²) in [5.74, 6) is -0.558. The lowest BCUT2D eigenvalue weighted by Gasteiger charge is -2.13. The Hall–Kier alpha value is -2.91. The van der Waals surface area contributed by atoms with E-state index in [0.29, 0.717) is 15.9 Å². The van der Waals surface area contributed by atoms with E-state index in [2.05, 4.69) is 10.3 Å². The molecule has 0 aliphatic rings. The molecule has 8 nitrogen and oxygen atoms in total. The van der Waals surface area contributed by atoms with Crippen LogP contribution in [0.25, 0.3) is 10.9 Å². The summed E-state index contributed by atoms with van der Waals surface area (Å²) in [5.41, 5.74) is 0.686. The zero-order chi connectivity index (χ0) is 21.9. The molecule has 0 aliphatic carbocycles. The molecule has 0 bridgehead atoms. The molecule has 2 heterocycles. The third-order valence-electron chi connectivity index (χ3n) is 4.40. The van der Waals surface area contributed by atoms with E-state index in [9.17, 15) is 18.0 Å². The Morgan fingerprint density at radius 1 is 1.23 bits per heavy atom. The first-order valence-corrected chi connectivity index (χ1v) is 11.4. The number of aromatic nitrogens is 2. The fourth-order valence-electron chi connectivity index (χ4n) is 2.84. The molecule has 0 unspecified atom stereocenters. The normalized spacial score (nSPS) is 11.4. The Balaban J connectivity index is 1.86. The number of halogens is 1. The number of fused-ring (bicyclic) bond motifs is 1. The average Bonchev–Trinajstić information content (AvgIpc) is 2.69. The van der Waals surface area contributed by atoms with Crippen LogP contribution in [-0.2, 0) is 23.4 Å². The summed E-state index contributed by atoms with van der Waals surface area (Å²) in [6, 6.07) is 10.1. The van der Waals surface area contributed by atoms with Gasteiger partial charge in [0.2, 0.25) is 5.88 Å². The molecule has 2 aromatic heterocycles. The van der Waals surface area contributed by atoms with Crippen molar-refractivity contribution in [1.29, 1.82) is 0 Å². The molecule has 10 heteroatoms. The number of pyridine rings is 2. The van der Waals surface area contributed by atoms with Gasteiger partial charge in [-0.05, 0) is 29.8 Å². The number of nitrogens with one attached hydrogen (secondary N) is 1. The van der Waals surface area contributed by atoms with Crippen LogP contribution in [0, 0.1) is 0 Å². The van der Waals surface area contributed by atoms with E-state index in [0.717, 1.165) is 11.8 Å². The number of amides is 1. The smallest absolute Gasteiger partial charge is 0.263 e. The Bertz CT molecular complexity index is 1250. The van der Waals surface area contributed by atoms with Gasteiger partial charge in [-0.3, -0.25) is 9.59 Å². The minimum absolute atomic E-state index is 0.0211. The quantitative estimate of drug-likeness (QED) is 0.590. The van der Waals surface area contributed by atoms with Gasteiger partial charge in [0.15, 0.2) is 9.84 Å². The Kier molecular flexibility index (Phi) is 6.42. The zero-order valence-corrected chi connectivity index (χ0v) is 18.0. The fourth-order valence-corrected chi connectivity index (χ4v) is 3.35. The molecule has 1 amide bonds. The van der Waals surface area contributed by atoms with Crippen LogP contribution in [0.3, 0.4) is 0 Å². The topological polar surface area (TPSA) is 107 Å². The van der Waals surface area contributed by atoms with Gasteiger partial charge in [0.05, 0.1) is 5.75 Å². The van der Waals surface area contributed by atoms with Crippen molar-refractivity contribution >= 4 is 38.2 Å². The highest BCUT2D eigenvalue weighted by molar-refractivity contribution is 7.90. The second-order valence-electron chi connectivity index (χ2n) is 6.76. The molecular formula is C20H20ClN3O5S. The van der Waals surface area contributed by atoms with E-state index >= 15 is 0 Å². The van der Waals surface area contributed by atoms with Crippen molar-refractivity contribution in [3.05, 3.63) is 69.1 Å². The molecule has 30 heavy (non-hydrogen) atoms. The van der Waals surface area contributed by atoms with E-state index < -0.39 is 21.3 Å². The highest BCUT2D eigenvalue weighted by atomic mass is 35.5. The maximum Gasteiger partial charge on any atom is 0.263 e. The van der Waals surface area contributed by atoms with Crippen molar-refractivity contribution in [2.24, 2.45) is 7.05 Å². The lowest BCUT2D eigenvalue weighted by Crippen LogP contribution is -2.32. The van der Waals surface area contributed by atoms with Gasteiger partial charge in [0, 0.05) is 36.5 Å².